The largest absolute Gasteiger partial charge is 0.370 e. The van der Waals surface area contributed by atoms with Crippen molar-refractivity contribution in [1.82, 2.24) is 4.90 Å². The van der Waals surface area contributed by atoms with Crippen molar-refractivity contribution < 1.29 is 4.79 Å². The van der Waals surface area contributed by atoms with Crippen molar-refractivity contribution in [2.45, 2.75) is 32.2 Å². The topological polar surface area (TPSA) is 70.2 Å². The number of amidine groups is 1. The first kappa shape index (κ1) is 9.03. The molecule has 0 spiro atoms. The van der Waals surface area contributed by atoms with Crippen LogP contribution in [0.5, 0.6) is 0 Å². The zero-order chi connectivity index (χ0) is 9.14. The van der Waals surface area contributed by atoms with Gasteiger partial charge >= 0.3 is 0 Å². The van der Waals surface area contributed by atoms with Crippen molar-refractivity contribution in [2.24, 2.45) is 5.73 Å². The van der Waals surface area contributed by atoms with Gasteiger partial charge in [0, 0.05) is 25.4 Å². The zero-order valence-electron chi connectivity index (χ0n) is 7.34. The molecule has 1 heterocycles. The van der Waals surface area contributed by atoms with Crippen molar-refractivity contribution in [3.63, 3.8) is 0 Å². The summed E-state index contributed by atoms with van der Waals surface area (Å²) in [6.45, 7) is 2.83. The Hall–Kier alpha value is -1.06. The van der Waals surface area contributed by atoms with Crippen LogP contribution in [0.15, 0.2) is 0 Å². The average Bonchev–Trinajstić information content (AvgIpc) is 2.33. The number of rotatable bonds is 3. The third-order valence-electron chi connectivity index (χ3n) is 2.19. The van der Waals surface area contributed by atoms with Crippen LogP contribution in [0.1, 0.15) is 26.2 Å². The number of carbonyl (C=O) groups is 1. The van der Waals surface area contributed by atoms with E-state index in [1.54, 1.807) is 0 Å². The molecule has 0 aromatic rings. The van der Waals surface area contributed by atoms with E-state index < -0.39 is 0 Å². The Morgan fingerprint density at radius 1 is 1.83 bits per heavy atom. The van der Waals surface area contributed by atoms with Crippen molar-refractivity contribution >= 4 is 11.7 Å². The van der Waals surface area contributed by atoms with Gasteiger partial charge in [-0.25, -0.2) is 0 Å². The molecule has 1 saturated heterocycles. The van der Waals surface area contributed by atoms with E-state index in [-0.39, 0.29) is 11.9 Å². The molecule has 1 atom stereocenters. The first-order valence-corrected chi connectivity index (χ1v) is 4.23. The van der Waals surface area contributed by atoms with E-state index in [4.69, 9.17) is 11.1 Å². The SMILES string of the molecule is CC(CC(N)=O)N1CCCC1=N. The van der Waals surface area contributed by atoms with Gasteiger partial charge in [-0.2, -0.15) is 0 Å². The van der Waals surface area contributed by atoms with Crippen LogP contribution in [0.3, 0.4) is 0 Å². The number of nitrogens with zero attached hydrogens (tertiary/aromatic N) is 1. The Labute approximate surface area is 72.2 Å². The van der Waals surface area contributed by atoms with Gasteiger partial charge in [-0.1, -0.05) is 0 Å². The summed E-state index contributed by atoms with van der Waals surface area (Å²) in [6, 6.07) is 0.0949. The smallest absolute Gasteiger partial charge is 0.219 e. The number of likely N-dealkylation sites (tertiary alicyclic amines) is 1. The molecule has 1 fully saturated rings. The van der Waals surface area contributed by atoms with Gasteiger partial charge in [0.1, 0.15) is 0 Å². The summed E-state index contributed by atoms with van der Waals surface area (Å²) in [4.78, 5) is 12.5. The highest BCUT2D eigenvalue weighted by Crippen LogP contribution is 2.15. The molecule has 68 valence electrons. The van der Waals surface area contributed by atoms with Gasteiger partial charge in [0.15, 0.2) is 0 Å². The summed E-state index contributed by atoms with van der Waals surface area (Å²) in [5, 5.41) is 7.55. The van der Waals surface area contributed by atoms with E-state index in [1.165, 1.54) is 0 Å². The Bertz CT molecular complexity index is 202. The van der Waals surface area contributed by atoms with Gasteiger partial charge in [0.2, 0.25) is 5.91 Å². The van der Waals surface area contributed by atoms with E-state index in [0.29, 0.717) is 12.3 Å². The molecule has 12 heavy (non-hydrogen) atoms. The summed E-state index contributed by atoms with van der Waals surface area (Å²) < 4.78 is 0. The minimum absolute atomic E-state index is 0.0949. The molecule has 4 heteroatoms. The normalized spacial score (nSPS) is 19.8. The second kappa shape index (κ2) is 3.56. The minimum atomic E-state index is -0.290. The molecule has 0 saturated carbocycles. The summed E-state index contributed by atoms with van der Waals surface area (Å²) in [7, 11) is 0. The Morgan fingerprint density at radius 2 is 2.50 bits per heavy atom. The molecule has 1 aliphatic heterocycles. The number of nitrogens with two attached hydrogens (primary N) is 1. The van der Waals surface area contributed by atoms with Crippen LogP contribution in [-0.4, -0.2) is 29.2 Å². The predicted octanol–water partition coefficient (Wildman–Crippen LogP) is 0.323. The number of hydrogen-bond donors (Lipinski definition) is 2. The monoisotopic (exact) mass is 169 g/mol. The summed E-state index contributed by atoms with van der Waals surface area (Å²) >= 11 is 0. The molecule has 1 unspecified atom stereocenters. The van der Waals surface area contributed by atoms with Crippen LogP contribution in [-0.2, 0) is 4.79 Å². The number of amides is 1. The summed E-state index contributed by atoms with van der Waals surface area (Å²) in [5.41, 5.74) is 5.07. The van der Waals surface area contributed by atoms with Crippen molar-refractivity contribution in [3.8, 4) is 0 Å². The minimum Gasteiger partial charge on any atom is -0.370 e. The van der Waals surface area contributed by atoms with Crippen LogP contribution in [0, 0.1) is 5.41 Å². The number of carbonyl (C=O) groups excluding carboxylic acids is 1. The summed E-state index contributed by atoms with van der Waals surface area (Å²) in [5.74, 6) is 0.353. The fraction of sp³-hybridized carbons (Fsp3) is 0.750. The van der Waals surface area contributed by atoms with Crippen LogP contribution in [0.25, 0.3) is 0 Å². The number of nitrogens with one attached hydrogen (secondary N) is 1. The van der Waals surface area contributed by atoms with Crippen LogP contribution in [0.2, 0.25) is 0 Å². The van der Waals surface area contributed by atoms with Crippen LogP contribution >= 0.6 is 0 Å². The second-order valence-electron chi connectivity index (χ2n) is 3.26. The molecule has 0 bridgehead atoms. The van der Waals surface area contributed by atoms with E-state index in [9.17, 15) is 4.79 Å². The van der Waals surface area contributed by atoms with Crippen LogP contribution < -0.4 is 5.73 Å². The summed E-state index contributed by atoms with van der Waals surface area (Å²) in [6.07, 6.45) is 2.22. The van der Waals surface area contributed by atoms with Crippen molar-refractivity contribution in [1.29, 1.82) is 5.41 Å². The number of hydrogen-bond acceptors (Lipinski definition) is 2. The quantitative estimate of drug-likeness (QED) is 0.639. The fourth-order valence-electron chi connectivity index (χ4n) is 1.58. The maximum absolute atomic E-state index is 10.6. The van der Waals surface area contributed by atoms with Gasteiger partial charge in [0.25, 0.3) is 0 Å². The first-order chi connectivity index (χ1) is 5.61. The molecule has 0 aliphatic carbocycles. The van der Waals surface area contributed by atoms with Gasteiger partial charge in [-0.05, 0) is 13.3 Å². The van der Waals surface area contributed by atoms with Crippen LogP contribution in [0.4, 0.5) is 0 Å². The standard InChI is InChI=1S/C8H15N3O/c1-6(5-8(10)12)11-4-2-3-7(11)9/h6,9H,2-5H2,1H3,(H2,10,12). The van der Waals surface area contributed by atoms with Gasteiger partial charge in [-0.3, -0.25) is 10.2 Å². The molecule has 1 aliphatic rings. The van der Waals surface area contributed by atoms with Gasteiger partial charge in [-0.15, -0.1) is 0 Å². The first-order valence-electron chi connectivity index (χ1n) is 4.23. The fourth-order valence-corrected chi connectivity index (χ4v) is 1.58. The van der Waals surface area contributed by atoms with E-state index in [0.717, 1.165) is 19.4 Å². The molecule has 0 aromatic heterocycles. The lowest BCUT2D eigenvalue weighted by Gasteiger charge is -2.24. The van der Waals surface area contributed by atoms with Gasteiger partial charge < -0.3 is 10.6 Å². The molecule has 4 nitrogen and oxygen atoms in total. The molecule has 0 aromatic carbocycles. The maximum atomic E-state index is 10.6. The molecule has 1 rings (SSSR count). The predicted molar refractivity (Wildman–Crippen MR) is 46.9 cm³/mol. The highest BCUT2D eigenvalue weighted by Gasteiger charge is 2.22. The number of primary amides is 1. The molecule has 3 N–H and O–H groups in total. The Morgan fingerprint density at radius 3 is 2.92 bits per heavy atom. The van der Waals surface area contributed by atoms with Gasteiger partial charge in [0.05, 0.1) is 5.84 Å². The van der Waals surface area contributed by atoms with E-state index in [1.807, 2.05) is 11.8 Å². The highest BCUT2D eigenvalue weighted by atomic mass is 16.1. The third-order valence-corrected chi connectivity index (χ3v) is 2.19. The Kier molecular flexibility index (Phi) is 2.68. The molecule has 1 amide bonds. The lowest BCUT2D eigenvalue weighted by atomic mass is 10.2. The highest BCUT2D eigenvalue weighted by molar-refractivity contribution is 5.82. The third kappa shape index (κ3) is 1.96. The lowest BCUT2D eigenvalue weighted by molar-refractivity contribution is -0.118. The van der Waals surface area contributed by atoms with E-state index in [2.05, 4.69) is 0 Å². The molecular weight excluding hydrogens is 154 g/mol. The second-order valence-corrected chi connectivity index (χ2v) is 3.26. The lowest BCUT2D eigenvalue weighted by Crippen LogP contribution is -2.36. The zero-order valence-corrected chi connectivity index (χ0v) is 7.34. The van der Waals surface area contributed by atoms with Crippen molar-refractivity contribution in [2.75, 3.05) is 6.54 Å². The van der Waals surface area contributed by atoms with E-state index >= 15 is 0 Å². The maximum Gasteiger partial charge on any atom is 0.219 e. The Balaban J connectivity index is 2.45. The average molecular weight is 169 g/mol. The van der Waals surface area contributed by atoms with Crippen molar-refractivity contribution in [3.05, 3.63) is 0 Å². The molecule has 0 radical (unpaired) electrons. The molecular formula is C8H15N3O.